The fraction of sp³-hybridized carbons (Fsp3) is 0.368. The number of benzene rings is 1. The number of H-pyrrole nitrogens is 1. The molecule has 2 aliphatic rings. The highest BCUT2D eigenvalue weighted by Gasteiger charge is 2.35. The predicted octanol–water partition coefficient (Wildman–Crippen LogP) is 2.10. The van der Waals surface area contributed by atoms with Gasteiger partial charge >= 0.3 is 0 Å². The Balaban J connectivity index is 1.64. The van der Waals surface area contributed by atoms with Crippen LogP contribution in [-0.4, -0.2) is 34.9 Å². The zero-order valence-electron chi connectivity index (χ0n) is 15.4. The van der Waals surface area contributed by atoms with Crippen LogP contribution in [-0.2, 0) is 9.59 Å². The molecule has 10 heteroatoms. The Labute approximate surface area is 164 Å². The number of aromatic nitrogens is 2. The Bertz CT molecular complexity index is 1030. The van der Waals surface area contributed by atoms with Crippen molar-refractivity contribution in [2.75, 3.05) is 28.6 Å². The number of hydrogen-bond acceptors (Lipinski definition) is 5. The molecule has 2 amide bonds. The normalized spacial score (nSPS) is 18.8. The summed E-state index contributed by atoms with van der Waals surface area (Å²) >= 11 is 0. The predicted molar refractivity (Wildman–Crippen MR) is 102 cm³/mol. The summed E-state index contributed by atoms with van der Waals surface area (Å²) in [6.07, 6.45) is 2.81. The van der Waals surface area contributed by atoms with Crippen molar-refractivity contribution < 1.29 is 18.4 Å². The lowest BCUT2D eigenvalue weighted by Crippen LogP contribution is -2.38. The van der Waals surface area contributed by atoms with Crippen molar-refractivity contribution >= 4 is 29.3 Å². The van der Waals surface area contributed by atoms with E-state index in [9.17, 15) is 23.2 Å². The Morgan fingerprint density at radius 3 is 2.62 bits per heavy atom. The van der Waals surface area contributed by atoms with Gasteiger partial charge in [0.15, 0.2) is 11.6 Å². The zero-order valence-corrected chi connectivity index (χ0v) is 15.4. The molecule has 1 aromatic carbocycles. The van der Waals surface area contributed by atoms with E-state index in [0.29, 0.717) is 5.95 Å². The average molecular weight is 403 g/mol. The van der Waals surface area contributed by atoms with Gasteiger partial charge in [0.25, 0.3) is 5.56 Å². The molecule has 0 aliphatic carbocycles. The van der Waals surface area contributed by atoms with E-state index in [0.717, 1.165) is 44.5 Å². The largest absolute Gasteiger partial charge is 0.342 e. The van der Waals surface area contributed by atoms with E-state index >= 15 is 0 Å². The Morgan fingerprint density at radius 1 is 1.14 bits per heavy atom. The van der Waals surface area contributed by atoms with Crippen molar-refractivity contribution in [2.24, 2.45) is 0 Å². The second-order valence-corrected chi connectivity index (χ2v) is 7.12. The summed E-state index contributed by atoms with van der Waals surface area (Å²) < 4.78 is 26.5. The lowest BCUT2D eigenvalue weighted by atomic mass is 9.92. The van der Waals surface area contributed by atoms with Crippen LogP contribution in [0.3, 0.4) is 0 Å². The quantitative estimate of drug-likeness (QED) is 0.728. The Kier molecular flexibility index (Phi) is 4.99. The SMILES string of the molecule is O=C1C[C@H](C(=O)Nc2ccc(F)c(F)c2)c2c(nc(N3CCCCC3)[nH]c2=O)N1. The molecular formula is C19H19F2N5O3. The molecule has 0 unspecified atom stereocenters. The molecule has 4 rings (SSSR count). The molecular weight excluding hydrogens is 384 g/mol. The molecule has 1 saturated heterocycles. The summed E-state index contributed by atoms with van der Waals surface area (Å²) in [7, 11) is 0. The third kappa shape index (κ3) is 3.82. The molecule has 0 spiro atoms. The van der Waals surface area contributed by atoms with Crippen LogP contribution in [0.4, 0.5) is 26.2 Å². The van der Waals surface area contributed by atoms with E-state index in [-0.39, 0.29) is 23.5 Å². The van der Waals surface area contributed by atoms with E-state index in [1.807, 2.05) is 4.90 Å². The van der Waals surface area contributed by atoms with Crippen molar-refractivity contribution in [3.8, 4) is 0 Å². The van der Waals surface area contributed by atoms with Crippen LogP contribution >= 0.6 is 0 Å². The molecule has 0 saturated carbocycles. The van der Waals surface area contributed by atoms with Crippen LogP contribution in [0.2, 0.25) is 0 Å². The van der Waals surface area contributed by atoms with Gasteiger partial charge in [0.2, 0.25) is 17.8 Å². The molecule has 0 radical (unpaired) electrons. The van der Waals surface area contributed by atoms with E-state index in [1.165, 1.54) is 6.07 Å². The zero-order chi connectivity index (χ0) is 20.5. The summed E-state index contributed by atoms with van der Waals surface area (Å²) in [6.45, 7) is 1.49. The van der Waals surface area contributed by atoms with Crippen molar-refractivity contribution in [3.63, 3.8) is 0 Å². The minimum atomic E-state index is -1.12. The lowest BCUT2D eigenvalue weighted by Gasteiger charge is -2.29. The van der Waals surface area contributed by atoms with Crippen LogP contribution in [0.25, 0.3) is 0 Å². The first-order chi connectivity index (χ1) is 13.9. The van der Waals surface area contributed by atoms with E-state index in [4.69, 9.17) is 0 Å². The monoisotopic (exact) mass is 403 g/mol. The number of piperidine rings is 1. The second kappa shape index (κ2) is 7.61. The Morgan fingerprint density at radius 2 is 1.90 bits per heavy atom. The minimum absolute atomic E-state index is 0.0238. The van der Waals surface area contributed by atoms with Gasteiger partial charge < -0.3 is 15.5 Å². The third-order valence-electron chi connectivity index (χ3n) is 5.10. The summed E-state index contributed by atoms with van der Waals surface area (Å²) in [5.74, 6) is -3.98. The number of hydrogen-bond donors (Lipinski definition) is 3. The van der Waals surface area contributed by atoms with E-state index in [2.05, 4.69) is 20.6 Å². The standard InChI is InChI=1S/C19H19F2N5O3/c20-12-5-4-10(8-13(12)21)22-17(28)11-9-14(27)23-16-15(11)18(29)25-19(24-16)26-6-2-1-3-7-26/h4-5,8,11H,1-3,6-7,9H2,(H,22,28)(H2,23,24,25,27,29)/t11-/m0/s1. The maximum atomic E-state index is 13.4. The summed E-state index contributed by atoms with van der Waals surface area (Å²) in [4.78, 5) is 46.6. The number of rotatable bonds is 3. The third-order valence-corrected chi connectivity index (χ3v) is 5.10. The highest BCUT2D eigenvalue weighted by molar-refractivity contribution is 6.04. The van der Waals surface area contributed by atoms with Crippen LogP contribution in [0.15, 0.2) is 23.0 Å². The van der Waals surface area contributed by atoms with Gasteiger partial charge in [-0.3, -0.25) is 19.4 Å². The van der Waals surface area contributed by atoms with Gasteiger partial charge in [0.05, 0.1) is 11.5 Å². The van der Waals surface area contributed by atoms with Crippen molar-refractivity contribution in [1.82, 2.24) is 9.97 Å². The van der Waals surface area contributed by atoms with Gasteiger partial charge in [-0.05, 0) is 31.4 Å². The summed E-state index contributed by atoms with van der Waals surface area (Å²) in [5.41, 5.74) is -0.442. The van der Waals surface area contributed by atoms with Crippen molar-refractivity contribution in [3.05, 3.63) is 45.8 Å². The first-order valence-electron chi connectivity index (χ1n) is 9.37. The molecule has 3 heterocycles. The first-order valence-corrected chi connectivity index (χ1v) is 9.37. The molecule has 8 nitrogen and oxygen atoms in total. The number of fused-ring (bicyclic) bond motifs is 1. The molecule has 1 aromatic heterocycles. The number of amides is 2. The number of nitrogens with zero attached hydrogens (tertiary/aromatic N) is 2. The number of carbonyl (C=O) groups is 2. The summed E-state index contributed by atoms with van der Waals surface area (Å²) in [6, 6.07) is 2.91. The number of anilines is 3. The number of carbonyl (C=O) groups excluding carboxylic acids is 2. The van der Waals surface area contributed by atoms with Gasteiger partial charge in [-0.15, -0.1) is 0 Å². The molecule has 152 valence electrons. The molecule has 1 fully saturated rings. The van der Waals surface area contributed by atoms with Gasteiger partial charge in [0.1, 0.15) is 5.82 Å². The fourth-order valence-corrected chi connectivity index (χ4v) is 3.64. The first kappa shape index (κ1) is 19.0. The van der Waals surface area contributed by atoms with Gasteiger partial charge in [-0.1, -0.05) is 0 Å². The highest BCUT2D eigenvalue weighted by Crippen LogP contribution is 2.30. The van der Waals surface area contributed by atoms with Crippen LogP contribution in [0.1, 0.15) is 37.2 Å². The molecule has 1 atom stereocenters. The molecule has 3 N–H and O–H groups in total. The lowest BCUT2D eigenvalue weighted by molar-refractivity contribution is -0.123. The van der Waals surface area contributed by atoms with Crippen LogP contribution in [0.5, 0.6) is 0 Å². The maximum Gasteiger partial charge on any atom is 0.258 e. The molecule has 2 aliphatic heterocycles. The fourth-order valence-electron chi connectivity index (χ4n) is 3.64. The highest BCUT2D eigenvalue weighted by atomic mass is 19.2. The number of halogens is 2. The molecule has 0 bridgehead atoms. The van der Waals surface area contributed by atoms with Gasteiger partial charge in [0, 0.05) is 31.3 Å². The van der Waals surface area contributed by atoms with E-state index < -0.39 is 34.9 Å². The maximum absolute atomic E-state index is 13.4. The van der Waals surface area contributed by atoms with Crippen molar-refractivity contribution in [2.45, 2.75) is 31.6 Å². The minimum Gasteiger partial charge on any atom is -0.342 e. The smallest absolute Gasteiger partial charge is 0.258 e. The van der Waals surface area contributed by atoms with Crippen molar-refractivity contribution in [1.29, 1.82) is 0 Å². The summed E-state index contributed by atoms with van der Waals surface area (Å²) in [5, 5.41) is 4.99. The van der Waals surface area contributed by atoms with Gasteiger partial charge in [-0.25, -0.2) is 8.78 Å². The number of aromatic amines is 1. The number of nitrogens with one attached hydrogen (secondary N) is 3. The van der Waals surface area contributed by atoms with Crippen LogP contribution < -0.4 is 21.1 Å². The molecule has 2 aromatic rings. The Hall–Kier alpha value is -3.30. The average Bonchev–Trinajstić information content (AvgIpc) is 2.70. The second-order valence-electron chi connectivity index (χ2n) is 7.12. The topological polar surface area (TPSA) is 107 Å². The van der Waals surface area contributed by atoms with Gasteiger partial charge in [-0.2, -0.15) is 4.98 Å². The van der Waals surface area contributed by atoms with E-state index in [1.54, 1.807) is 0 Å². The van der Waals surface area contributed by atoms with Crippen LogP contribution in [0, 0.1) is 11.6 Å². The molecule has 29 heavy (non-hydrogen) atoms.